The average molecular weight is 295 g/mol. The zero-order valence-electron chi connectivity index (χ0n) is 11.7. The Morgan fingerprint density at radius 1 is 1.30 bits per heavy atom. The topological polar surface area (TPSA) is 55.1 Å². The zero-order chi connectivity index (χ0) is 13.3. The molecule has 0 saturated heterocycles. The molecular weight excluding hydrogens is 272 g/mol. The first-order valence-electron chi connectivity index (χ1n) is 7.33. The van der Waals surface area contributed by atoms with Crippen LogP contribution in [-0.4, -0.2) is 18.5 Å². The number of hydrogen-bond donors (Lipinski definition) is 2. The molecule has 1 atom stereocenters. The quantitative estimate of drug-likeness (QED) is 0.876. The van der Waals surface area contributed by atoms with Crippen molar-refractivity contribution in [1.29, 1.82) is 0 Å². The van der Waals surface area contributed by atoms with Gasteiger partial charge in [-0.15, -0.1) is 12.4 Å². The van der Waals surface area contributed by atoms with Crippen molar-refractivity contribution in [3.8, 4) is 0 Å². The van der Waals surface area contributed by atoms with E-state index in [2.05, 4.69) is 17.4 Å². The first-order valence-corrected chi connectivity index (χ1v) is 7.33. The van der Waals surface area contributed by atoms with E-state index in [0.29, 0.717) is 12.5 Å². The van der Waals surface area contributed by atoms with Gasteiger partial charge in [0, 0.05) is 12.6 Å². The third-order valence-corrected chi connectivity index (χ3v) is 4.73. The predicted molar refractivity (Wildman–Crippen MR) is 82.9 cm³/mol. The largest absolute Gasteiger partial charge is 0.351 e. The molecule has 0 radical (unpaired) electrons. The zero-order valence-corrected chi connectivity index (χ0v) is 12.5. The molecule has 1 amide bonds. The Bertz CT molecular complexity index is 455. The lowest BCUT2D eigenvalue weighted by molar-refractivity contribution is -0.130. The highest BCUT2D eigenvalue weighted by Gasteiger charge is 2.46. The summed E-state index contributed by atoms with van der Waals surface area (Å²) in [5, 5.41) is 3.21. The van der Waals surface area contributed by atoms with E-state index in [1.807, 2.05) is 18.2 Å². The van der Waals surface area contributed by atoms with Crippen LogP contribution in [-0.2, 0) is 10.2 Å². The van der Waals surface area contributed by atoms with Crippen molar-refractivity contribution in [2.45, 2.75) is 43.6 Å². The maximum Gasteiger partial charge on any atom is 0.230 e. The second kappa shape index (κ2) is 6.15. The van der Waals surface area contributed by atoms with E-state index in [4.69, 9.17) is 5.73 Å². The van der Waals surface area contributed by atoms with Gasteiger partial charge >= 0.3 is 0 Å². The molecule has 3 rings (SSSR count). The highest BCUT2D eigenvalue weighted by molar-refractivity contribution is 5.89. The molecule has 0 bridgehead atoms. The highest BCUT2D eigenvalue weighted by atomic mass is 35.5. The summed E-state index contributed by atoms with van der Waals surface area (Å²) in [4.78, 5) is 12.7. The summed E-state index contributed by atoms with van der Waals surface area (Å²) in [6, 6.07) is 10.4. The normalized spacial score (nSPS) is 21.2. The van der Waals surface area contributed by atoms with E-state index in [1.54, 1.807) is 0 Å². The summed E-state index contributed by atoms with van der Waals surface area (Å²) in [6.07, 6.45) is 5.48. The molecule has 1 aromatic rings. The van der Waals surface area contributed by atoms with E-state index >= 15 is 0 Å². The monoisotopic (exact) mass is 294 g/mol. The van der Waals surface area contributed by atoms with Crippen LogP contribution < -0.4 is 11.1 Å². The third-order valence-electron chi connectivity index (χ3n) is 4.73. The van der Waals surface area contributed by atoms with Crippen molar-refractivity contribution in [3.63, 3.8) is 0 Å². The van der Waals surface area contributed by atoms with Gasteiger partial charge in [-0.2, -0.15) is 0 Å². The van der Waals surface area contributed by atoms with E-state index in [9.17, 15) is 4.79 Å². The van der Waals surface area contributed by atoms with Gasteiger partial charge in [-0.3, -0.25) is 4.79 Å². The molecule has 1 unspecified atom stereocenters. The highest BCUT2D eigenvalue weighted by Crippen LogP contribution is 2.44. The Morgan fingerprint density at radius 3 is 2.40 bits per heavy atom. The summed E-state index contributed by atoms with van der Waals surface area (Å²) >= 11 is 0. The van der Waals surface area contributed by atoms with Crippen LogP contribution >= 0.6 is 12.4 Å². The molecule has 0 aromatic heterocycles. The van der Waals surface area contributed by atoms with Crippen molar-refractivity contribution in [1.82, 2.24) is 5.32 Å². The molecule has 1 aromatic carbocycles. The van der Waals surface area contributed by atoms with Crippen LogP contribution in [0, 0.1) is 5.92 Å². The fourth-order valence-electron chi connectivity index (χ4n) is 3.11. The minimum atomic E-state index is -0.288. The second-order valence-electron chi connectivity index (χ2n) is 5.95. The van der Waals surface area contributed by atoms with Crippen LogP contribution in [0.5, 0.6) is 0 Å². The van der Waals surface area contributed by atoms with Crippen LogP contribution in [0.4, 0.5) is 0 Å². The number of amides is 1. The number of hydrogen-bond acceptors (Lipinski definition) is 2. The molecule has 4 heteroatoms. The number of rotatable bonds is 5. The van der Waals surface area contributed by atoms with Gasteiger partial charge in [0.2, 0.25) is 5.91 Å². The molecule has 0 heterocycles. The summed E-state index contributed by atoms with van der Waals surface area (Å²) < 4.78 is 0. The summed E-state index contributed by atoms with van der Waals surface area (Å²) in [6.45, 7) is 0.557. The van der Waals surface area contributed by atoms with Gasteiger partial charge in [-0.1, -0.05) is 36.8 Å². The Balaban J connectivity index is 0.00000147. The Hall–Kier alpha value is -1.06. The SMILES string of the molecule is Cl.NCC(NC(=O)C1(c2ccccc2)CCC1)C1CC1. The van der Waals surface area contributed by atoms with Crippen LogP contribution in [0.2, 0.25) is 0 Å². The standard InChI is InChI=1S/C16H22N2O.ClH/c17-11-14(12-7-8-12)18-15(19)16(9-4-10-16)13-5-2-1-3-6-13;/h1-3,5-6,12,14H,4,7-11,17H2,(H,18,19);1H. The predicted octanol–water partition coefficient (Wildman–Crippen LogP) is 2.38. The fraction of sp³-hybridized carbons (Fsp3) is 0.562. The number of benzene rings is 1. The van der Waals surface area contributed by atoms with Crippen molar-refractivity contribution in [2.75, 3.05) is 6.54 Å². The van der Waals surface area contributed by atoms with Gasteiger partial charge in [0.25, 0.3) is 0 Å². The van der Waals surface area contributed by atoms with Gasteiger partial charge in [-0.05, 0) is 37.2 Å². The summed E-state index contributed by atoms with van der Waals surface area (Å²) in [5.41, 5.74) is 6.66. The van der Waals surface area contributed by atoms with E-state index < -0.39 is 0 Å². The van der Waals surface area contributed by atoms with Crippen LogP contribution in [0.15, 0.2) is 30.3 Å². The lowest BCUT2D eigenvalue weighted by atomic mass is 9.63. The van der Waals surface area contributed by atoms with Gasteiger partial charge in [0.15, 0.2) is 0 Å². The number of nitrogens with two attached hydrogens (primary N) is 1. The first kappa shape index (κ1) is 15.3. The van der Waals surface area contributed by atoms with Crippen molar-refractivity contribution in [2.24, 2.45) is 11.7 Å². The van der Waals surface area contributed by atoms with Gasteiger partial charge in [-0.25, -0.2) is 0 Å². The molecule has 20 heavy (non-hydrogen) atoms. The lowest BCUT2D eigenvalue weighted by Gasteiger charge is -2.41. The fourth-order valence-corrected chi connectivity index (χ4v) is 3.11. The number of carbonyl (C=O) groups is 1. The van der Waals surface area contributed by atoms with Crippen LogP contribution in [0.1, 0.15) is 37.7 Å². The summed E-state index contributed by atoms with van der Waals surface area (Å²) in [5.74, 6) is 0.800. The molecule has 0 aliphatic heterocycles. The van der Waals surface area contributed by atoms with E-state index in [-0.39, 0.29) is 29.8 Å². The maximum atomic E-state index is 12.7. The van der Waals surface area contributed by atoms with Crippen LogP contribution in [0.25, 0.3) is 0 Å². The minimum Gasteiger partial charge on any atom is -0.351 e. The van der Waals surface area contributed by atoms with Gasteiger partial charge in [0.05, 0.1) is 5.41 Å². The minimum absolute atomic E-state index is 0. The van der Waals surface area contributed by atoms with E-state index in [1.165, 1.54) is 12.8 Å². The van der Waals surface area contributed by atoms with Gasteiger partial charge in [0.1, 0.15) is 0 Å². The Labute approximate surface area is 126 Å². The average Bonchev–Trinajstić information content (AvgIpc) is 3.20. The molecule has 2 aliphatic rings. The number of carbonyl (C=O) groups excluding carboxylic acids is 1. The Kier molecular flexibility index (Phi) is 4.71. The number of nitrogens with one attached hydrogen (secondary N) is 1. The number of halogens is 1. The third kappa shape index (κ3) is 2.70. The summed E-state index contributed by atoms with van der Waals surface area (Å²) in [7, 11) is 0. The van der Waals surface area contributed by atoms with Crippen molar-refractivity contribution >= 4 is 18.3 Å². The lowest BCUT2D eigenvalue weighted by Crippen LogP contribution is -2.54. The van der Waals surface area contributed by atoms with E-state index in [0.717, 1.165) is 24.8 Å². The second-order valence-corrected chi connectivity index (χ2v) is 5.95. The first-order chi connectivity index (χ1) is 9.26. The maximum absolute atomic E-state index is 12.7. The molecule has 2 saturated carbocycles. The molecule has 3 nitrogen and oxygen atoms in total. The molecular formula is C16H23ClN2O. The molecule has 2 aliphatic carbocycles. The molecule has 2 fully saturated rings. The van der Waals surface area contributed by atoms with Gasteiger partial charge < -0.3 is 11.1 Å². The Morgan fingerprint density at radius 2 is 1.95 bits per heavy atom. The van der Waals surface area contributed by atoms with Crippen LogP contribution in [0.3, 0.4) is 0 Å². The molecule has 0 spiro atoms. The molecule has 3 N–H and O–H groups in total. The smallest absolute Gasteiger partial charge is 0.230 e. The molecule has 110 valence electrons. The van der Waals surface area contributed by atoms with Crippen molar-refractivity contribution in [3.05, 3.63) is 35.9 Å². The van der Waals surface area contributed by atoms with Crippen molar-refractivity contribution < 1.29 is 4.79 Å².